The Labute approximate surface area is 535 Å². The standard InChI is InChI=1S/C70H125NO18/c1-3-5-7-9-11-12-13-14-15-16-17-18-19-20-21-22-23-24-25-26-27-28-29-30-31-32-33-34-35-36-37-38-39-40-42-44-46-48-58(76)71-53(54(75)47-45-43-41-10-8-6-4-2)52-84-68-64(82)61(79)66(56(50-73)86-68)89-70-65(83)62(80)67(57(51-74)87-70)88-69-63(81)60(78)59(77)55(49-72)85-69/h8,10,13-14,16-17,19-20,45,47,53-57,59-70,72-75,77-83H,3-7,9,11-12,15,18,21-44,46,48-52H2,1-2H3,(H,71,76)/b10-8+,14-13-,17-16-,20-19-,47-45+. The number of aliphatic hydroxyl groups excluding tert-OH is 11. The number of allylic oxidation sites excluding steroid dienone is 9. The van der Waals surface area contributed by atoms with Gasteiger partial charge in [-0.25, -0.2) is 0 Å². The van der Waals surface area contributed by atoms with E-state index in [0.29, 0.717) is 12.8 Å². The smallest absolute Gasteiger partial charge is 0.220 e. The zero-order valence-electron chi connectivity index (χ0n) is 54.6. The summed E-state index contributed by atoms with van der Waals surface area (Å²) in [5.41, 5.74) is 0. The van der Waals surface area contributed by atoms with Crippen molar-refractivity contribution >= 4 is 5.91 Å². The zero-order chi connectivity index (χ0) is 64.7. The van der Waals surface area contributed by atoms with Crippen LogP contribution in [0.25, 0.3) is 0 Å². The van der Waals surface area contributed by atoms with Crippen LogP contribution in [0.3, 0.4) is 0 Å². The molecule has 3 aliphatic rings. The van der Waals surface area contributed by atoms with Gasteiger partial charge >= 0.3 is 0 Å². The maximum absolute atomic E-state index is 13.3. The number of hydrogen-bond acceptors (Lipinski definition) is 18. The molecule has 0 aliphatic carbocycles. The van der Waals surface area contributed by atoms with Gasteiger partial charge in [-0.05, 0) is 64.2 Å². The van der Waals surface area contributed by atoms with E-state index in [0.717, 1.165) is 51.4 Å². The fourth-order valence-corrected chi connectivity index (χ4v) is 11.6. The summed E-state index contributed by atoms with van der Waals surface area (Å²) < 4.78 is 34.2. The molecule has 0 radical (unpaired) electrons. The van der Waals surface area contributed by atoms with E-state index in [1.807, 2.05) is 6.08 Å². The lowest BCUT2D eigenvalue weighted by Gasteiger charge is -2.48. The van der Waals surface area contributed by atoms with Crippen molar-refractivity contribution in [3.8, 4) is 0 Å². The van der Waals surface area contributed by atoms with Crippen molar-refractivity contribution < 1.29 is 89.4 Å². The molecule has 3 aliphatic heterocycles. The third-order valence-electron chi connectivity index (χ3n) is 17.3. The van der Waals surface area contributed by atoms with Crippen LogP contribution in [0.2, 0.25) is 0 Å². The quantitative estimate of drug-likeness (QED) is 0.0199. The highest BCUT2D eigenvalue weighted by atomic mass is 16.8. The first kappa shape index (κ1) is 80.7. The topological polar surface area (TPSA) is 307 Å². The molecule has 0 bridgehead atoms. The molecule has 17 atom stereocenters. The predicted molar refractivity (Wildman–Crippen MR) is 346 cm³/mol. The Morgan fingerprint density at radius 2 is 0.775 bits per heavy atom. The summed E-state index contributed by atoms with van der Waals surface area (Å²) in [6, 6.07) is -0.987. The lowest BCUT2D eigenvalue weighted by Crippen LogP contribution is -2.66. The first-order valence-corrected chi connectivity index (χ1v) is 35.0. The van der Waals surface area contributed by atoms with E-state index in [1.54, 1.807) is 6.08 Å². The summed E-state index contributed by atoms with van der Waals surface area (Å²) in [5.74, 6) is -0.289. The molecule has 3 saturated heterocycles. The Kier molecular flexibility index (Phi) is 47.0. The molecule has 19 heteroatoms. The monoisotopic (exact) mass is 1270 g/mol. The first-order valence-electron chi connectivity index (χ1n) is 35.0. The fraction of sp³-hybridized carbons (Fsp3) is 0.843. The third kappa shape index (κ3) is 33.9. The molecular formula is C70H125NO18. The van der Waals surface area contributed by atoms with Crippen LogP contribution in [0.4, 0.5) is 0 Å². The Hall–Kier alpha value is -2.51. The highest BCUT2D eigenvalue weighted by molar-refractivity contribution is 5.76. The molecule has 0 aromatic heterocycles. The van der Waals surface area contributed by atoms with Crippen LogP contribution in [0, 0.1) is 0 Å². The summed E-state index contributed by atoms with van der Waals surface area (Å²) >= 11 is 0. The molecule has 0 aromatic carbocycles. The molecule has 0 aromatic rings. The zero-order valence-corrected chi connectivity index (χ0v) is 54.6. The summed E-state index contributed by atoms with van der Waals surface area (Å²) in [6.45, 7) is 1.57. The van der Waals surface area contributed by atoms with E-state index in [9.17, 15) is 61.0 Å². The summed E-state index contributed by atoms with van der Waals surface area (Å²) in [5, 5.41) is 120. The van der Waals surface area contributed by atoms with Gasteiger partial charge in [-0.15, -0.1) is 0 Å². The van der Waals surface area contributed by atoms with Crippen molar-refractivity contribution in [1.82, 2.24) is 5.32 Å². The maximum Gasteiger partial charge on any atom is 0.220 e. The summed E-state index contributed by atoms with van der Waals surface area (Å²) in [6.07, 6.45) is 37.3. The van der Waals surface area contributed by atoms with Crippen LogP contribution in [0.1, 0.15) is 245 Å². The van der Waals surface area contributed by atoms with E-state index in [4.69, 9.17) is 28.4 Å². The van der Waals surface area contributed by atoms with E-state index in [-0.39, 0.29) is 18.9 Å². The van der Waals surface area contributed by atoms with Crippen LogP contribution in [0.15, 0.2) is 60.8 Å². The van der Waals surface area contributed by atoms with Gasteiger partial charge in [-0.2, -0.15) is 0 Å². The van der Waals surface area contributed by atoms with Gasteiger partial charge in [0.25, 0.3) is 0 Å². The Morgan fingerprint density at radius 1 is 0.404 bits per heavy atom. The highest BCUT2D eigenvalue weighted by Crippen LogP contribution is 2.33. The van der Waals surface area contributed by atoms with Gasteiger partial charge in [0.15, 0.2) is 18.9 Å². The lowest BCUT2D eigenvalue weighted by atomic mass is 9.96. The number of unbranched alkanes of at least 4 members (excludes halogenated alkanes) is 29. The van der Waals surface area contributed by atoms with Gasteiger partial charge < -0.3 is 89.9 Å². The maximum atomic E-state index is 13.3. The van der Waals surface area contributed by atoms with Gasteiger partial charge in [0, 0.05) is 6.42 Å². The van der Waals surface area contributed by atoms with Crippen LogP contribution in [-0.4, -0.2) is 193 Å². The minimum Gasteiger partial charge on any atom is -0.394 e. The van der Waals surface area contributed by atoms with E-state index < -0.39 is 124 Å². The van der Waals surface area contributed by atoms with Crippen molar-refractivity contribution in [2.75, 3.05) is 26.4 Å². The SMILES string of the molecule is CCC/C=C/CC/C=C/C(O)C(COC1OC(CO)C(OC2OC(CO)C(OC3OC(CO)C(O)C(O)C3O)C(O)C2O)C(O)C1O)NC(=O)CCCCCCCCCCCCCCCCCCCCCCCC/C=C\C/C=C\C/C=C\CCCCCCC. The molecule has 17 unspecified atom stereocenters. The van der Waals surface area contributed by atoms with Gasteiger partial charge in [-0.1, -0.05) is 235 Å². The molecule has 3 rings (SSSR count). The van der Waals surface area contributed by atoms with Gasteiger partial charge in [0.05, 0.1) is 38.6 Å². The molecule has 3 fully saturated rings. The summed E-state index contributed by atoms with van der Waals surface area (Å²) in [7, 11) is 0. The van der Waals surface area contributed by atoms with Crippen LogP contribution in [0.5, 0.6) is 0 Å². The second-order valence-corrected chi connectivity index (χ2v) is 25.0. The first-order chi connectivity index (χ1) is 43.3. The number of carbonyl (C=O) groups excluding carboxylic acids is 1. The van der Waals surface area contributed by atoms with Crippen molar-refractivity contribution in [2.24, 2.45) is 0 Å². The van der Waals surface area contributed by atoms with Crippen molar-refractivity contribution in [3.05, 3.63) is 60.8 Å². The molecule has 518 valence electrons. The van der Waals surface area contributed by atoms with Crippen molar-refractivity contribution in [3.63, 3.8) is 0 Å². The highest BCUT2D eigenvalue weighted by Gasteiger charge is 2.53. The molecule has 0 saturated carbocycles. The lowest BCUT2D eigenvalue weighted by molar-refractivity contribution is -0.379. The average Bonchev–Trinajstić information content (AvgIpc) is 2.14. The molecule has 3 heterocycles. The average molecular weight is 1270 g/mol. The number of aliphatic hydroxyl groups is 11. The number of rotatable bonds is 53. The molecule has 1 amide bonds. The van der Waals surface area contributed by atoms with Gasteiger partial charge in [0.2, 0.25) is 5.91 Å². The van der Waals surface area contributed by atoms with Gasteiger partial charge in [-0.3, -0.25) is 4.79 Å². The second kappa shape index (κ2) is 51.8. The molecule has 0 spiro atoms. The number of hydrogen-bond donors (Lipinski definition) is 12. The normalized spacial score (nSPS) is 28.6. The summed E-state index contributed by atoms with van der Waals surface area (Å²) in [4.78, 5) is 13.3. The van der Waals surface area contributed by atoms with Gasteiger partial charge in [0.1, 0.15) is 73.2 Å². The van der Waals surface area contributed by atoms with Crippen LogP contribution >= 0.6 is 0 Å². The van der Waals surface area contributed by atoms with Crippen molar-refractivity contribution in [1.29, 1.82) is 0 Å². The van der Waals surface area contributed by atoms with Crippen LogP contribution in [-0.2, 0) is 33.2 Å². The van der Waals surface area contributed by atoms with Crippen molar-refractivity contribution in [2.45, 2.75) is 349 Å². The molecule has 89 heavy (non-hydrogen) atoms. The number of carbonyl (C=O) groups is 1. The fourth-order valence-electron chi connectivity index (χ4n) is 11.6. The van der Waals surface area contributed by atoms with E-state index in [1.165, 1.54) is 161 Å². The largest absolute Gasteiger partial charge is 0.394 e. The van der Waals surface area contributed by atoms with E-state index in [2.05, 4.69) is 67.8 Å². The number of nitrogens with one attached hydrogen (secondary N) is 1. The number of amides is 1. The second-order valence-electron chi connectivity index (χ2n) is 25.0. The predicted octanol–water partition coefficient (Wildman–Crippen LogP) is 9.16. The van der Waals surface area contributed by atoms with E-state index >= 15 is 0 Å². The minimum absolute atomic E-state index is 0.236. The Morgan fingerprint density at radius 3 is 1.24 bits per heavy atom. The minimum atomic E-state index is -1.98. The van der Waals surface area contributed by atoms with Crippen LogP contribution < -0.4 is 5.32 Å². The molecular weight excluding hydrogens is 1140 g/mol. The Balaban J connectivity index is 1.26. The number of ether oxygens (including phenoxy) is 6. The molecule has 19 nitrogen and oxygen atoms in total. The molecule has 12 N–H and O–H groups in total. The Bertz CT molecular complexity index is 1850. The third-order valence-corrected chi connectivity index (χ3v) is 17.3.